The number of rotatable bonds is 1. The summed E-state index contributed by atoms with van der Waals surface area (Å²) >= 11 is 0. The van der Waals surface area contributed by atoms with Crippen LogP contribution in [0.5, 0.6) is 0 Å². The first-order valence-electron chi connectivity index (χ1n) is 7.19. The molecule has 1 aromatic carbocycles. The molecule has 0 amide bonds. The summed E-state index contributed by atoms with van der Waals surface area (Å²) in [6.45, 7) is 2.23. The summed E-state index contributed by atoms with van der Waals surface area (Å²) in [7, 11) is 0. The molecule has 0 radical (unpaired) electrons. The smallest absolute Gasteiger partial charge is 0.0170 e. The maximum atomic E-state index is 8.23. The second kappa shape index (κ2) is 3.57. The number of hydrogen-bond acceptors (Lipinski definition) is 1. The van der Waals surface area contributed by atoms with E-state index in [-0.39, 0.29) is 0 Å². The highest BCUT2D eigenvalue weighted by Crippen LogP contribution is 2.56. The van der Waals surface area contributed by atoms with Gasteiger partial charge in [-0.2, -0.15) is 0 Å². The van der Waals surface area contributed by atoms with Gasteiger partial charge in [0.1, 0.15) is 0 Å². The van der Waals surface area contributed by atoms with Gasteiger partial charge in [-0.25, -0.2) is 0 Å². The van der Waals surface area contributed by atoms with Gasteiger partial charge in [-0.05, 0) is 53.9 Å². The number of fused-ring (bicyclic) bond motifs is 2. The van der Waals surface area contributed by atoms with E-state index in [0.29, 0.717) is 11.8 Å². The predicted molar refractivity (Wildman–Crippen MR) is 75.0 cm³/mol. The van der Waals surface area contributed by atoms with E-state index >= 15 is 0 Å². The maximum Gasteiger partial charge on any atom is 0.0170 e. The third kappa shape index (κ3) is 1.50. The molecule has 1 heteroatoms. The Morgan fingerprint density at radius 1 is 1.22 bits per heavy atom. The first kappa shape index (κ1) is 10.5. The van der Waals surface area contributed by atoms with E-state index in [1.54, 1.807) is 11.1 Å². The third-order valence-electron chi connectivity index (χ3n) is 4.74. The van der Waals surface area contributed by atoms with Crippen LogP contribution in [0.3, 0.4) is 0 Å². The molecule has 2 atom stereocenters. The van der Waals surface area contributed by atoms with Crippen molar-refractivity contribution in [1.82, 2.24) is 0 Å². The topological polar surface area (TPSA) is 23.9 Å². The minimum absolute atomic E-state index is 0.575. The summed E-state index contributed by atoms with van der Waals surface area (Å²) in [5.74, 6) is 1.27. The molecule has 0 aliphatic heterocycles. The Bertz CT molecular complexity index is 573. The molecule has 1 nitrogen and oxygen atoms in total. The van der Waals surface area contributed by atoms with Crippen molar-refractivity contribution >= 4 is 11.3 Å². The summed E-state index contributed by atoms with van der Waals surface area (Å²) in [6.07, 6.45) is 5.86. The molecule has 0 heterocycles. The Balaban J connectivity index is 1.91. The molecule has 0 aromatic heterocycles. The summed E-state index contributed by atoms with van der Waals surface area (Å²) in [5.41, 5.74) is 8.65. The van der Waals surface area contributed by atoms with Crippen LogP contribution in [0.25, 0.3) is 5.57 Å². The highest BCUT2D eigenvalue weighted by molar-refractivity contribution is 5.96. The van der Waals surface area contributed by atoms with Gasteiger partial charge in [0, 0.05) is 18.1 Å². The van der Waals surface area contributed by atoms with E-state index in [2.05, 4.69) is 25.1 Å². The fourth-order valence-electron chi connectivity index (χ4n) is 3.47. The SMILES string of the molecule is CCc1ccc2c(c1)C(=C1CC1)C1CC1C(=N)C2. The molecule has 18 heavy (non-hydrogen) atoms. The Hall–Kier alpha value is -1.37. The monoisotopic (exact) mass is 237 g/mol. The van der Waals surface area contributed by atoms with Crippen LogP contribution in [0.4, 0.5) is 0 Å². The molecular weight excluding hydrogens is 218 g/mol. The molecule has 1 N–H and O–H groups in total. The minimum atomic E-state index is 0.575. The van der Waals surface area contributed by atoms with Crippen molar-refractivity contribution in [2.24, 2.45) is 11.8 Å². The normalized spacial score (nSPS) is 28.6. The predicted octanol–water partition coefficient (Wildman–Crippen LogP) is 4.01. The number of hydrogen-bond donors (Lipinski definition) is 1. The molecule has 92 valence electrons. The lowest BCUT2D eigenvalue weighted by Crippen LogP contribution is -2.03. The Kier molecular flexibility index (Phi) is 2.09. The van der Waals surface area contributed by atoms with Crippen molar-refractivity contribution in [3.05, 3.63) is 40.5 Å². The number of benzene rings is 1. The van der Waals surface area contributed by atoms with Gasteiger partial charge in [0.2, 0.25) is 0 Å². The third-order valence-corrected chi connectivity index (χ3v) is 4.74. The van der Waals surface area contributed by atoms with Crippen molar-refractivity contribution in [1.29, 1.82) is 5.41 Å². The summed E-state index contributed by atoms with van der Waals surface area (Å²) in [6, 6.07) is 6.93. The Morgan fingerprint density at radius 3 is 2.78 bits per heavy atom. The van der Waals surface area contributed by atoms with E-state index in [4.69, 9.17) is 5.41 Å². The standard InChI is InChI=1S/C17H19N/c1-2-10-3-4-12-8-16(18)14-9-15(14)17(11-5-6-11)13(12)7-10/h3-4,7,14-15,18H,2,5-6,8-9H2,1H3. The Labute approximate surface area is 108 Å². The molecule has 3 aliphatic carbocycles. The van der Waals surface area contributed by atoms with Crippen molar-refractivity contribution < 1.29 is 0 Å². The lowest BCUT2D eigenvalue weighted by Gasteiger charge is -2.12. The fraction of sp³-hybridized carbons (Fsp3) is 0.471. The molecule has 4 rings (SSSR count). The van der Waals surface area contributed by atoms with E-state index < -0.39 is 0 Å². The van der Waals surface area contributed by atoms with Crippen LogP contribution in [0.2, 0.25) is 0 Å². The van der Waals surface area contributed by atoms with Crippen LogP contribution in [0.1, 0.15) is 42.9 Å². The lowest BCUT2D eigenvalue weighted by atomic mass is 9.93. The molecule has 1 aromatic rings. The van der Waals surface area contributed by atoms with Gasteiger partial charge in [-0.3, -0.25) is 0 Å². The van der Waals surface area contributed by atoms with E-state index in [1.165, 1.54) is 36.0 Å². The molecule has 0 bridgehead atoms. The molecule has 2 saturated carbocycles. The van der Waals surface area contributed by atoms with Crippen LogP contribution >= 0.6 is 0 Å². The maximum absolute atomic E-state index is 8.23. The van der Waals surface area contributed by atoms with Gasteiger partial charge in [0.15, 0.2) is 0 Å². The van der Waals surface area contributed by atoms with Gasteiger partial charge in [-0.15, -0.1) is 0 Å². The summed E-state index contributed by atoms with van der Waals surface area (Å²) in [5, 5.41) is 8.23. The largest absolute Gasteiger partial charge is 0.309 e. The number of aryl methyl sites for hydroxylation is 1. The highest BCUT2D eigenvalue weighted by Gasteiger charge is 2.47. The number of allylic oxidation sites excluding steroid dienone is 2. The molecular formula is C17H19N. The quantitative estimate of drug-likeness (QED) is 0.763. The van der Waals surface area contributed by atoms with Crippen molar-refractivity contribution in [2.45, 2.75) is 39.0 Å². The first-order chi connectivity index (χ1) is 8.78. The van der Waals surface area contributed by atoms with Crippen LogP contribution in [-0.2, 0) is 12.8 Å². The van der Waals surface area contributed by atoms with Crippen molar-refractivity contribution in [2.75, 3.05) is 0 Å². The molecule has 2 unspecified atom stereocenters. The van der Waals surface area contributed by atoms with E-state index in [1.807, 2.05) is 0 Å². The molecule has 3 aliphatic rings. The zero-order valence-electron chi connectivity index (χ0n) is 10.9. The lowest BCUT2D eigenvalue weighted by molar-refractivity contribution is 1.03. The Morgan fingerprint density at radius 2 is 2.06 bits per heavy atom. The summed E-state index contributed by atoms with van der Waals surface area (Å²) < 4.78 is 0. The minimum Gasteiger partial charge on any atom is -0.309 e. The second-order valence-corrected chi connectivity index (χ2v) is 6.01. The average Bonchev–Trinajstić information content (AvgIpc) is 3.23. The van der Waals surface area contributed by atoms with Crippen molar-refractivity contribution in [3.63, 3.8) is 0 Å². The van der Waals surface area contributed by atoms with Crippen molar-refractivity contribution in [3.8, 4) is 0 Å². The fourth-order valence-corrected chi connectivity index (χ4v) is 3.47. The molecule has 0 spiro atoms. The van der Waals surface area contributed by atoms with Gasteiger partial charge in [0.25, 0.3) is 0 Å². The van der Waals surface area contributed by atoms with Crippen LogP contribution < -0.4 is 0 Å². The highest BCUT2D eigenvalue weighted by atomic mass is 14.6. The van der Waals surface area contributed by atoms with Gasteiger partial charge < -0.3 is 5.41 Å². The average molecular weight is 237 g/mol. The zero-order valence-corrected chi connectivity index (χ0v) is 10.9. The van der Waals surface area contributed by atoms with Gasteiger partial charge in [0.05, 0.1) is 0 Å². The zero-order chi connectivity index (χ0) is 12.3. The van der Waals surface area contributed by atoms with E-state index in [9.17, 15) is 0 Å². The van der Waals surface area contributed by atoms with Crippen LogP contribution in [0, 0.1) is 17.2 Å². The molecule has 2 fully saturated rings. The van der Waals surface area contributed by atoms with E-state index in [0.717, 1.165) is 18.6 Å². The molecule has 0 saturated heterocycles. The van der Waals surface area contributed by atoms with Gasteiger partial charge >= 0.3 is 0 Å². The first-order valence-corrected chi connectivity index (χ1v) is 7.19. The van der Waals surface area contributed by atoms with Crippen LogP contribution in [0.15, 0.2) is 23.8 Å². The second-order valence-electron chi connectivity index (χ2n) is 6.01. The number of nitrogens with one attached hydrogen (secondary N) is 1. The summed E-state index contributed by atoms with van der Waals surface area (Å²) in [4.78, 5) is 0. The van der Waals surface area contributed by atoms with Crippen LogP contribution in [-0.4, -0.2) is 5.71 Å². The van der Waals surface area contributed by atoms with Gasteiger partial charge in [-0.1, -0.05) is 30.7 Å².